The van der Waals surface area contributed by atoms with E-state index >= 15 is 0 Å². The van der Waals surface area contributed by atoms with Crippen LogP contribution in [0.4, 0.5) is 0 Å². The van der Waals surface area contributed by atoms with Crippen molar-refractivity contribution < 1.29 is 29.2 Å². The third-order valence-electron chi connectivity index (χ3n) is 4.00. The zero-order chi connectivity index (χ0) is 17.7. The highest BCUT2D eigenvalue weighted by Crippen LogP contribution is 2.23. The molecule has 0 bridgehead atoms. The fourth-order valence-electron chi connectivity index (χ4n) is 2.48. The van der Waals surface area contributed by atoms with Gasteiger partial charge in [-0.25, -0.2) is 0 Å². The molecule has 0 unspecified atom stereocenters. The van der Waals surface area contributed by atoms with Gasteiger partial charge in [0, 0.05) is 19.2 Å². The number of hydrogen-bond donors (Lipinski definition) is 2. The second-order valence-corrected chi connectivity index (χ2v) is 5.59. The van der Waals surface area contributed by atoms with Gasteiger partial charge in [-0.05, 0) is 23.8 Å². The lowest BCUT2D eigenvalue weighted by Gasteiger charge is -2.37. The molecule has 7 heteroatoms. The molecule has 1 saturated heterocycles. The van der Waals surface area contributed by atoms with E-state index in [-0.39, 0.29) is 19.1 Å². The summed E-state index contributed by atoms with van der Waals surface area (Å²) in [6.45, 7) is 0.250. The molecule has 2 N–H and O–H groups in total. The van der Waals surface area contributed by atoms with Crippen LogP contribution < -0.4 is 9.47 Å². The maximum absolute atomic E-state index is 12.3. The van der Waals surface area contributed by atoms with Crippen LogP contribution in [0.15, 0.2) is 24.3 Å². The number of aliphatic hydroxyl groups excluding tert-OH is 2. The summed E-state index contributed by atoms with van der Waals surface area (Å²) in [6.07, 6.45) is 1.00. The summed E-state index contributed by atoms with van der Waals surface area (Å²) in [5.74, 6) is 0.932. The molecule has 0 spiro atoms. The molecule has 0 saturated carbocycles. The van der Waals surface area contributed by atoms with Gasteiger partial charge in [-0.3, -0.25) is 4.79 Å². The topological polar surface area (TPSA) is 88.5 Å². The zero-order valence-electron chi connectivity index (χ0n) is 14.0. The van der Waals surface area contributed by atoms with Gasteiger partial charge in [-0.1, -0.05) is 0 Å². The van der Waals surface area contributed by atoms with Crippen LogP contribution in [0.3, 0.4) is 0 Å². The van der Waals surface area contributed by atoms with E-state index in [1.54, 1.807) is 45.5 Å². The van der Waals surface area contributed by atoms with Crippen LogP contribution in [0.1, 0.15) is 5.56 Å². The number of nitrogens with zero attached hydrogens (tertiary/aromatic N) is 1. The Morgan fingerprint density at radius 2 is 1.83 bits per heavy atom. The zero-order valence-corrected chi connectivity index (χ0v) is 14.0. The maximum atomic E-state index is 12.3. The first-order chi connectivity index (χ1) is 11.5. The van der Waals surface area contributed by atoms with Crippen LogP contribution >= 0.6 is 0 Å². The SMILES string of the molecule is COc1cc(/C=C/C(=O)N(C)[C@@H]2COC[C@@H](O)[C@H]2O)cc(OC)c1. The van der Waals surface area contributed by atoms with Gasteiger partial charge in [0.1, 0.15) is 23.7 Å². The van der Waals surface area contributed by atoms with E-state index in [1.165, 1.54) is 11.0 Å². The smallest absolute Gasteiger partial charge is 0.246 e. The third-order valence-corrected chi connectivity index (χ3v) is 4.00. The van der Waals surface area contributed by atoms with Crippen molar-refractivity contribution in [1.82, 2.24) is 4.90 Å². The minimum atomic E-state index is -1.03. The second kappa shape index (κ2) is 8.14. The molecule has 1 amide bonds. The highest BCUT2D eigenvalue weighted by Gasteiger charge is 2.35. The van der Waals surface area contributed by atoms with Crippen molar-refractivity contribution in [2.24, 2.45) is 0 Å². The molecular weight excluding hydrogens is 314 g/mol. The number of amides is 1. The van der Waals surface area contributed by atoms with Crippen molar-refractivity contribution in [1.29, 1.82) is 0 Å². The molecule has 0 aromatic heterocycles. The number of aliphatic hydroxyl groups is 2. The van der Waals surface area contributed by atoms with E-state index in [2.05, 4.69) is 0 Å². The molecule has 0 aliphatic carbocycles. The summed E-state index contributed by atoms with van der Waals surface area (Å²) in [6, 6.07) is 4.69. The Morgan fingerprint density at radius 3 is 2.42 bits per heavy atom. The average Bonchev–Trinajstić information content (AvgIpc) is 2.60. The highest BCUT2D eigenvalue weighted by molar-refractivity contribution is 5.92. The van der Waals surface area contributed by atoms with Gasteiger partial charge in [0.15, 0.2) is 0 Å². The lowest BCUT2D eigenvalue weighted by molar-refractivity contribution is -0.149. The first kappa shape index (κ1) is 18.3. The molecule has 0 radical (unpaired) electrons. The molecule has 1 aromatic rings. The fourth-order valence-corrected chi connectivity index (χ4v) is 2.48. The molecular formula is C17H23NO6. The summed E-state index contributed by atoms with van der Waals surface area (Å²) >= 11 is 0. The van der Waals surface area contributed by atoms with E-state index in [0.29, 0.717) is 11.5 Å². The van der Waals surface area contributed by atoms with Gasteiger partial charge < -0.3 is 29.3 Å². The number of benzene rings is 1. The van der Waals surface area contributed by atoms with Gasteiger partial charge in [0.25, 0.3) is 0 Å². The molecule has 2 rings (SSSR count). The number of ether oxygens (including phenoxy) is 3. The number of rotatable bonds is 5. The molecule has 1 fully saturated rings. The molecule has 1 aliphatic rings. The lowest BCUT2D eigenvalue weighted by atomic mass is 10.0. The van der Waals surface area contributed by atoms with Gasteiger partial charge >= 0.3 is 0 Å². The Kier molecular flexibility index (Phi) is 6.19. The summed E-state index contributed by atoms with van der Waals surface area (Å²) in [4.78, 5) is 13.7. The molecule has 132 valence electrons. The lowest BCUT2D eigenvalue weighted by Crippen LogP contribution is -2.56. The van der Waals surface area contributed by atoms with Crippen molar-refractivity contribution in [3.8, 4) is 11.5 Å². The number of likely N-dealkylation sites (N-methyl/N-ethyl adjacent to an activating group) is 1. The van der Waals surface area contributed by atoms with Crippen LogP contribution in [0.25, 0.3) is 6.08 Å². The normalized spacial score (nSPS) is 24.0. The van der Waals surface area contributed by atoms with Crippen LogP contribution in [-0.4, -0.2) is 73.8 Å². The van der Waals surface area contributed by atoms with Gasteiger partial charge in [0.2, 0.25) is 5.91 Å². The van der Waals surface area contributed by atoms with E-state index in [9.17, 15) is 15.0 Å². The Morgan fingerprint density at radius 1 is 1.21 bits per heavy atom. The molecule has 7 nitrogen and oxygen atoms in total. The number of methoxy groups -OCH3 is 2. The van der Waals surface area contributed by atoms with Crippen molar-refractivity contribution >= 4 is 12.0 Å². The van der Waals surface area contributed by atoms with Gasteiger partial charge in [-0.15, -0.1) is 0 Å². The molecule has 3 atom stereocenters. The fraction of sp³-hybridized carbons (Fsp3) is 0.471. The number of carbonyl (C=O) groups excluding carboxylic acids is 1. The Bertz CT molecular complexity index is 580. The van der Waals surface area contributed by atoms with Crippen LogP contribution in [0, 0.1) is 0 Å². The van der Waals surface area contributed by atoms with Crippen molar-refractivity contribution in [3.63, 3.8) is 0 Å². The summed E-state index contributed by atoms with van der Waals surface area (Å²) in [7, 11) is 4.67. The van der Waals surface area contributed by atoms with Crippen LogP contribution in [0.2, 0.25) is 0 Å². The summed E-state index contributed by atoms with van der Waals surface area (Å²) < 4.78 is 15.6. The summed E-state index contributed by atoms with van der Waals surface area (Å²) in [5.41, 5.74) is 0.744. The van der Waals surface area contributed by atoms with Crippen LogP contribution in [0.5, 0.6) is 11.5 Å². The van der Waals surface area contributed by atoms with Crippen LogP contribution in [-0.2, 0) is 9.53 Å². The van der Waals surface area contributed by atoms with E-state index in [0.717, 1.165) is 5.56 Å². The molecule has 1 heterocycles. The standard InChI is InChI=1S/C17H23NO6/c1-18(14-9-24-10-15(19)17(14)21)16(20)5-4-11-6-12(22-2)8-13(7-11)23-3/h4-8,14-15,17,19,21H,9-10H2,1-3H3/b5-4+/t14-,15-,17+/m1/s1. The second-order valence-electron chi connectivity index (χ2n) is 5.59. The van der Waals surface area contributed by atoms with E-state index in [1.807, 2.05) is 0 Å². The maximum Gasteiger partial charge on any atom is 0.246 e. The molecule has 24 heavy (non-hydrogen) atoms. The number of hydrogen-bond acceptors (Lipinski definition) is 6. The van der Waals surface area contributed by atoms with E-state index in [4.69, 9.17) is 14.2 Å². The Hall–Kier alpha value is -2.09. The molecule has 1 aromatic carbocycles. The van der Waals surface area contributed by atoms with Crippen molar-refractivity contribution in [3.05, 3.63) is 29.8 Å². The van der Waals surface area contributed by atoms with E-state index < -0.39 is 18.2 Å². The van der Waals surface area contributed by atoms with Gasteiger partial charge in [-0.2, -0.15) is 0 Å². The summed E-state index contributed by atoms with van der Waals surface area (Å²) in [5, 5.41) is 19.6. The van der Waals surface area contributed by atoms with Gasteiger partial charge in [0.05, 0.1) is 33.5 Å². The van der Waals surface area contributed by atoms with Crippen molar-refractivity contribution in [2.75, 3.05) is 34.5 Å². The Labute approximate surface area is 141 Å². The quantitative estimate of drug-likeness (QED) is 0.751. The largest absolute Gasteiger partial charge is 0.497 e. The minimum Gasteiger partial charge on any atom is -0.497 e. The molecule has 1 aliphatic heterocycles. The number of carbonyl (C=O) groups is 1. The Balaban J connectivity index is 2.09. The first-order valence-electron chi connectivity index (χ1n) is 7.58. The minimum absolute atomic E-state index is 0.0686. The third kappa shape index (κ3) is 4.25. The average molecular weight is 337 g/mol. The predicted octanol–water partition coefficient (Wildman–Crippen LogP) is 0.296. The first-order valence-corrected chi connectivity index (χ1v) is 7.58. The monoisotopic (exact) mass is 337 g/mol. The predicted molar refractivity (Wildman–Crippen MR) is 88.0 cm³/mol. The highest BCUT2D eigenvalue weighted by atomic mass is 16.5. The van der Waals surface area contributed by atoms with Crippen molar-refractivity contribution in [2.45, 2.75) is 18.2 Å².